The van der Waals surface area contributed by atoms with Gasteiger partial charge in [0, 0.05) is 36.2 Å². The van der Waals surface area contributed by atoms with Crippen LogP contribution in [0.15, 0.2) is 42.5 Å². The lowest BCUT2D eigenvalue weighted by atomic mass is 9.79. The highest BCUT2D eigenvalue weighted by atomic mass is 16.3. The third-order valence-corrected chi connectivity index (χ3v) is 6.15. The predicted octanol–water partition coefficient (Wildman–Crippen LogP) is 3.93. The standard InChI is InChI=1S/C23H28N2O2/c1-17-7-8-21(26)20(13-17)18-5-3-6-19(14-18)22(27)25-11-4-9-23(16-25)10-12-24(2)15-23/h3,5-8,13-14,26H,4,9-12,15-16H2,1-2H3. The number of hydrogen-bond acceptors (Lipinski definition) is 3. The van der Waals surface area contributed by atoms with Crippen LogP contribution in [0.5, 0.6) is 5.75 Å². The highest BCUT2D eigenvalue weighted by molar-refractivity contribution is 5.95. The minimum Gasteiger partial charge on any atom is -0.507 e. The third-order valence-electron chi connectivity index (χ3n) is 6.15. The average molecular weight is 364 g/mol. The first-order valence-electron chi connectivity index (χ1n) is 9.84. The van der Waals surface area contributed by atoms with Crippen molar-refractivity contribution in [1.29, 1.82) is 0 Å². The summed E-state index contributed by atoms with van der Waals surface area (Å²) in [5.41, 5.74) is 3.72. The summed E-state index contributed by atoms with van der Waals surface area (Å²) in [7, 11) is 2.17. The summed E-state index contributed by atoms with van der Waals surface area (Å²) in [5.74, 6) is 0.355. The molecule has 2 aliphatic heterocycles. The number of carbonyl (C=O) groups is 1. The Balaban J connectivity index is 1.58. The molecule has 1 unspecified atom stereocenters. The number of aromatic hydroxyl groups is 1. The molecule has 142 valence electrons. The zero-order valence-corrected chi connectivity index (χ0v) is 16.2. The van der Waals surface area contributed by atoms with E-state index in [1.165, 1.54) is 12.8 Å². The molecular weight excluding hydrogens is 336 g/mol. The number of rotatable bonds is 2. The minimum absolute atomic E-state index is 0.109. The lowest BCUT2D eigenvalue weighted by Gasteiger charge is -2.40. The molecule has 0 radical (unpaired) electrons. The molecule has 4 rings (SSSR count). The van der Waals surface area contributed by atoms with E-state index in [9.17, 15) is 9.90 Å². The smallest absolute Gasteiger partial charge is 0.253 e. The normalized spacial score (nSPS) is 23.1. The fourth-order valence-electron chi connectivity index (χ4n) is 4.76. The third kappa shape index (κ3) is 3.59. The molecule has 1 amide bonds. The molecule has 2 aromatic rings. The van der Waals surface area contributed by atoms with E-state index in [-0.39, 0.29) is 17.1 Å². The van der Waals surface area contributed by atoms with Gasteiger partial charge in [0.05, 0.1) is 0 Å². The van der Waals surface area contributed by atoms with Gasteiger partial charge in [-0.3, -0.25) is 4.79 Å². The zero-order chi connectivity index (χ0) is 19.0. The lowest BCUT2D eigenvalue weighted by molar-refractivity contribution is 0.0534. The predicted molar refractivity (Wildman–Crippen MR) is 108 cm³/mol. The van der Waals surface area contributed by atoms with Crippen molar-refractivity contribution in [3.8, 4) is 16.9 Å². The first kappa shape index (κ1) is 18.1. The second-order valence-corrected chi connectivity index (χ2v) is 8.42. The van der Waals surface area contributed by atoms with Crippen LogP contribution >= 0.6 is 0 Å². The van der Waals surface area contributed by atoms with Gasteiger partial charge in [-0.1, -0.05) is 23.8 Å². The van der Waals surface area contributed by atoms with Crippen molar-refractivity contribution < 1.29 is 9.90 Å². The number of likely N-dealkylation sites (tertiary alicyclic amines) is 2. The van der Waals surface area contributed by atoms with Gasteiger partial charge in [0.2, 0.25) is 0 Å². The topological polar surface area (TPSA) is 43.8 Å². The van der Waals surface area contributed by atoms with Crippen LogP contribution in [0.1, 0.15) is 35.2 Å². The van der Waals surface area contributed by atoms with Crippen LogP contribution in [0.25, 0.3) is 11.1 Å². The van der Waals surface area contributed by atoms with Gasteiger partial charge in [-0.05, 0) is 69.6 Å². The maximum atomic E-state index is 13.2. The van der Waals surface area contributed by atoms with Crippen LogP contribution < -0.4 is 0 Å². The number of aryl methyl sites for hydroxylation is 1. The Hall–Kier alpha value is -2.33. The second kappa shape index (κ2) is 7.01. The van der Waals surface area contributed by atoms with Gasteiger partial charge in [0.25, 0.3) is 5.91 Å². The zero-order valence-electron chi connectivity index (χ0n) is 16.2. The molecule has 0 aliphatic carbocycles. The first-order valence-corrected chi connectivity index (χ1v) is 9.84. The Labute approximate surface area is 161 Å². The van der Waals surface area contributed by atoms with Gasteiger partial charge in [-0.25, -0.2) is 0 Å². The molecule has 0 saturated carbocycles. The number of phenols is 1. The summed E-state index contributed by atoms with van der Waals surface area (Å²) >= 11 is 0. The fraction of sp³-hybridized carbons (Fsp3) is 0.435. The summed E-state index contributed by atoms with van der Waals surface area (Å²) in [5, 5.41) is 10.2. The molecule has 4 nitrogen and oxygen atoms in total. The molecule has 2 saturated heterocycles. The number of hydrogen-bond donors (Lipinski definition) is 1. The molecule has 2 aliphatic rings. The Morgan fingerprint density at radius 3 is 2.70 bits per heavy atom. The first-order chi connectivity index (χ1) is 13.0. The van der Waals surface area contributed by atoms with E-state index in [2.05, 4.69) is 11.9 Å². The fourth-order valence-corrected chi connectivity index (χ4v) is 4.76. The summed E-state index contributed by atoms with van der Waals surface area (Å²) in [4.78, 5) is 17.6. The van der Waals surface area contributed by atoms with Gasteiger partial charge in [0.15, 0.2) is 0 Å². The SMILES string of the molecule is Cc1ccc(O)c(-c2cccc(C(=O)N3CCCC4(CCN(C)C4)C3)c2)c1. The van der Waals surface area contributed by atoms with Crippen LogP contribution in [0.2, 0.25) is 0 Å². The molecule has 2 heterocycles. The van der Waals surface area contributed by atoms with Crippen molar-refractivity contribution in [2.24, 2.45) is 5.41 Å². The van der Waals surface area contributed by atoms with E-state index in [1.54, 1.807) is 6.07 Å². The van der Waals surface area contributed by atoms with E-state index in [0.717, 1.165) is 49.3 Å². The quantitative estimate of drug-likeness (QED) is 0.878. The molecule has 1 atom stereocenters. The maximum absolute atomic E-state index is 13.2. The number of benzene rings is 2. The van der Waals surface area contributed by atoms with Gasteiger partial charge >= 0.3 is 0 Å². The van der Waals surface area contributed by atoms with Crippen molar-refractivity contribution in [3.05, 3.63) is 53.6 Å². The average Bonchev–Trinajstić information content (AvgIpc) is 3.03. The van der Waals surface area contributed by atoms with Crippen LogP contribution in [0.3, 0.4) is 0 Å². The monoisotopic (exact) mass is 364 g/mol. The molecule has 4 heteroatoms. The highest BCUT2D eigenvalue weighted by Gasteiger charge is 2.41. The number of phenolic OH excluding ortho intramolecular Hbond substituents is 1. The van der Waals surface area contributed by atoms with Crippen LogP contribution in [-0.4, -0.2) is 54.0 Å². The summed E-state index contributed by atoms with van der Waals surface area (Å²) in [6.07, 6.45) is 3.49. The molecule has 2 fully saturated rings. The van der Waals surface area contributed by atoms with Crippen molar-refractivity contribution in [2.75, 3.05) is 33.2 Å². The van der Waals surface area contributed by atoms with Gasteiger partial charge < -0.3 is 14.9 Å². The summed E-state index contributed by atoms with van der Waals surface area (Å²) < 4.78 is 0. The molecule has 1 N–H and O–H groups in total. The minimum atomic E-state index is 0.109. The molecular formula is C23H28N2O2. The molecule has 27 heavy (non-hydrogen) atoms. The molecule has 2 aromatic carbocycles. The molecule has 0 aromatic heterocycles. The van der Waals surface area contributed by atoms with Gasteiger partial charge in [-0.15, -0.1) is 0 Å². The molecule has 1 spiro atoms. The highest BCUT2D eigenvalue weighted by Crippen LogP contribution is 2.39. The Morgan fingerprint density at radius 1 is 1.07 bits per heavy atom. The van der Waals surface area contributed by atoms with E-state index in [1.807, 2.05) is 48.2 Å². The van der Waals surface area contributed by atoms with Crippen LogP contribution in [-0.2, 0) is 0 Å². The van der Waals surface area contributed by atoms with E-state index in [0.29, 0.717) is 5.56 Å². The number of piperidine rings is 1. The number of nitrogens with zero attached hydrogens (tertiary/aromatic N) is 2. The Bertz CT molecular complexity index is 859. The van der Waals surface area contributed by atoms with Crippen molar-refractivity contribution in [1.82, 2.24) is 9.80 Å². The largest absolute Gasteiger partial charge is 0.507 e. The van der Waals surface area contributed by atoms with E-state index in [4.69, 9.17) is 0 Å². The van der Waals surface area contributed by atoms with Crippen molar-refractivity contribution in [2.45, 2.75) is 26.2 Å². The van der Waals surface area contributed by atoms with Crippen LogP contribution in [0.4, 0.5) is 0 Å². The van der Waals surface area contributed by atoms with Gasteiger partial charge in [-0.2, -0.15) is 0 Å². The lowest BCUT2D eigenvalue weighted by Crippen LogP contribution is -2.47. The van der Waals surface area contributed by atoms with Gasteiger partial charge in [0.1, 0.15) is 5.75 Å². The summed E-state index contributed by atoms with van der Waals surface area (Å²) in [6.45, 7) is 5.92. The van der Waals surface area contributed by atoms with Crippen molar-refractivity contribution in [3.63, 3.8) is 0 Å². The Kier molecular flexibility index (Phi) is 4.68. The van der Waals surface area contributed by atoms with Crippen molar-refractivity contribution >= 4 is 5.91 Å². The molecule has 0 bridgehead atoms. The van der Waals surface area contributed by atoms with Crippen LogP contribution in [0, 0.1) is 12.3 Å². The van der Waals surface area contributed by atoms with E-state index >= 15 is 0 Å². The second-order valence-electron chi connectivity index (χ2n) is 8.42. The number of carbonyl (C=O) groups excluding carboxylic acids is 1. The van der Waals surface area contributed by atoms with E-state index < -0.39 is 0 Å². The maximum Gasteiger partial charge on any atom is 0.253 e. The Morgan fingerprint density at radius 2 is 1.93 bits per heavy atom. The number of amides is 1. The summed E-state index contributed by atoms with van der Waals surface area (Å²) in [6, 6.07) is 13.2.